The molecule has 1 heterocycles. The molecular formula is C21H18N2O4S. The average molecular weight is 394 g/mol. The fourth-order valence-corrected chi connectivity index (χ4v) is 3.83. The van der Waals surface area contributed by atoms with Crippen molar-refractivity contribution >= 4 is 26.8 Å². The first kappa shape index (κ1) is 18.1. The van der Waals surface area contributed by atoms with Gasteiger partial charge in [-0.25, -0.2) is 13.4 Å². The molecule has 0 amide bonds. The van der Waals surface area contributed by atoms with Crippen LogP contribution in [0.4, 0.5) is 5.69 Å². The zero-order valence-electron chi connectivity index (χ0n) is 15.3. The van der Waals surface area contributed by atoms with E-state index in [9.17, 15) is 8.42 Å². The molecule has 0 aliphatic carbocycles. The number of methoxy groups -OCH3 is 1. The third kappa shape index (κ3) is 3.57. The van der Waals surface area contributed by atoms with Crippen LogP contribution in [0, 0.1) is 6.92 Å². The molecule has 7 heteroatoms. The lowest BCUT2D eigenvalue weighted by Gasteiger charge is -2.08. The lowest BCUT2D eigenvalue weighted by Crippen LogP contribution is -2.12. The summed E-state index contributed by atoms with van der Waals surface area (Å²) >= 11 is 0. The number of oxazole rings is 1. The maximum absolute atomic E-state index is 12.6. The van der Waals surface area contributed by atoms with Crippen LogP contribution in [0.1, 0.15) is 5.56 Å². The number of sulfonamides is 1. The first-order chi connectivity index (χ1) is 13.4. The van der Waals surface area contributed by atoms with Gasteiger partial charge in [0.1, 0.15) is 11.3 Å². The first-order valence-electron chi connectivity index (χ1n) is 8.59. The molecule has 0 bridgehead atoms. The van der Waals surface area contributed by atoms with E-state index in [2.05, 4.69) is 9.71 Å². The minimum absolute atomic E-state index is 0.206. The summed E-state index contributed by atoms with van der Waals surface area (Å²) in [6, 6.07) is 19.0. The van der Waals surface area contributed by atoms with Gasteiger partial charge in [0.05, 0.1) is 17.7 Å². The number of rotatable bonds is 5. The second kappa shape index (κ2) is 7.01. The van der Waals surface area contributed by atoms with Crippen molar-refractivity contribution in [3.8, 4) is 17.2 Å². The number of hydrogen-bond acceptors (Lipinski definition) is 5. The van der Waals surface area contributed by atoms with Crippen LogP contribution in [0.5, 0.6) is 5.75 Å². The Hall–Kier alpha value is -3.32. The molecule has 6 nitrogen and oxygen atoms in total. The van der Waals surface area contributed by atoms with E-state index in [1.54, 1.807) is 49.6 Å². The van der Waals surface area contributed by atoms with E-state index in [4.69, 9.17) is 9.15 Å². The number of aryl methyl sites for hydroxylation is 1. The normalized spacial score (nSPS) is 11.5. The van der Waals surface area contributed by atoms with Crippen LogP contribution in [0.2, 0.25) is 0 Å². The van der Waals surface area contributed by atoms with Gasteiger partial charge in [-0.3, -0.25) is 4.72 Å². The first-order valence-corrected chi connectivity index (χ1v) is 10.1. The Balaban J connectivity index is 1.63. The largest absolute Gasteiger partial charge is 0.497 e. The minimum Gasteiger partial charge on any atom is -0.497 e. The summed E-state index contributed by atoms with van der Waals surface area (Å²) in [6.45, 7) is 1.91. The molecule has 142 valence electrons. The maximum atomic E-state index is 12.6. The van der Waals surface area contributed by atoms with E-state index in [1.165, 1.54) is 0 Å². The Labute approximate surface area is 162 Å². The Morgan fingerprint density at radius 1 is 0.964 bits per heavy atom. The van der Waals surface area contributed by atoms with E-state index in [0.29, 0.717) is 22.7 Å². The number of benzene rings is 3. The molecule has 0 saturated carbocycles. The van der Waals surface area contributed by atoms with Crippen molar-refractivity contribution in [2.75, 3.05) is 11.8 Å². The highest BCUT2D eigenvalue weighted by molar-refractivity contribution is 7.92. The zero-order chi connectivity index (χ0) is 19.7. The van der Waals surface area contributed by atoms with Gasteiger partial charge in [0.15, 0.2) is 5.58 Å². The molecule has 3 aromatic carbocycles. The molecule has 1 aromatic heterocycles. The molecule has 0 aliphatic heterocycles. The Kier molecular flexibility index (Phi) is 4.52. The van der Waals surface area contributed by atoms with E-state index in [0.717, 1.165) is 16.9 Å². The molecule has 0 spiro atoms. The number of hydrogen-bond donors (Lipinski definition) is 1. The molecule has 4 rings (SSSR count). The second-order valence-corrected chi connectivity index (χ2v) is 8.03. The van der Waals surface area contributed by atoms with Gasteiger partial charge in [-0.1, -0.05) is 17.7 Å². The van der Waals surface area contributed by atoms with Crippen molar-refractivity contribution < 1.29 is 17.6 Å². The Morgan fingerprint density at radius 3 is 2.36 bits per heavy atom. The lowest BCUT2D eigenvalue weighted by molar-refractivity contribution is 0.415. The topological polar surface area (TPSA) is 81.4 Å². The Morgan fingerprint density at radius 2 is 1.68 bits per heavy atom. The van der Waals surface area contributed by atoms with Crippen LogP contribution in [-0.4, -0.2) is 20.5 Å². The van der Waals surface area contributed by atoms with E-state index in [-0.39, 0.29) is 4.90 Å². The molecule has 1 N–H and O–H groups in total. The molecule has 0 aliphatic rings. The van der Waals surface area contributed by atoms with Crippen LogP contribution < -0.4 is 9.46 Å². The van der Waals surface area contributed by atoms with E-state index < -0.39 is 10.0 Å². The number of ether oxygens (including phenoxy) is 1. The van der Waals surface area contributed by atoms with Crippen LogP contribution >= 0.6 is 0 Å². The molecule has 28 heavy (non-hydrogen) atoms. The third-order valence-electron chi connectivity index (χ3n) is 4.31. The molecule has 0 atom stereocenters. The third-order valence-corrected chi connectivity index (χ3v) is 5.71. The van der Waals surface area contributed by atoms with Crippen molar-refractivity contribution in [1.82, 2.24) is 4.98 Å². The SMILES string of the molecule is COc1ccc(-c2nc3cc(NS(=O)(=O)c4ccc(C)cc4)ccc3o2)cc1. The fraction of sp³-hybridized carbons (Fsp3) is 0.0952. The minimum atomic E-state index is -3.67. The van der Waals surface area contributed by atoms with Crippen molar-refractivity contribution in [3.05, 3.63) is 72.3 Å². The number of aromatic nitrogens is 1. The van der Waals surface area contributed by atoms with Gasteiger partial charge in [-0.2, -0.15) is 0 Å². The van der Waals surface area contributed by atoms with Gasteiger partial charge in [0, 0.05) is 5.56 Å². The smallest absolute Gasteiger partial charge is 0.261 e. The standard InChI is InChI=1S/C21H18N2O4S/c1-14-3-10-18(11-4-14)28(24,25)23-16-7-12-20-19(13-16)22-21(27-20)15-5-8-17(26-2)9-6-15/h3-13,23H,1-2H3. The number of nitrogens with zero attached hydrogens (tertiary/aromatic N) is 1. The summed E-state index contributed by atoms with van der Waals surface area (Å²) in [6.07, 6.45) is 0. The molecule has 0 fully saturated rings. The quantitative estimate of drug-likeness (QED) is 0.534. The van der Waals surface area contributed by atoms with E-state index >= 15 is 0 Å². The molecule has 4 aromatic rings. The highest BCUT2D eigenvalue weighted by Crippen LogP contribution is 2.28. The number of fused-ring (bicyclic) bond motifs is 1. The predicted molar refractivity (Wildman–Crippen MR) is 108 cm³/mol. The maximum Gasteiger partial charge on any atom is 0.261 e. The molecular weight excluding hydrogens is 376 g/mol. The van der Waals surface area contributed by atoms with Gasteiger partial charge in [0.2, 0.25) is 5.89 Å². The highest BCUT2D eigenvalue weighted by atomic mass is 32.2. The van der Waals surface area contributed by atoms with Crippen molar-refractivity contribution in [2.24, 2.45) is 0 Å². The summed E-state index contributed by atoms with van der Waals surface area (Å²) in [5, 5.41) is 0. The van der Waals surface area contributed by atoms with Crippen molar-refractivity contribution in [2.45, 2.75) is 11.8 Å². The Bertz CT molecular complexity index is 1230. The predicted octanol–water partition coefficient (Wildman–Crippen LogP) is 4.61. The molecule has 0 unspecified atom stereocenters. The fourth-order valence-electron chi connectivity index (χ4n) is 2.78. The van der Waals surface area contributed by atoms with Crippen molar-refractivity contribution in [3.63, 3.8) is 0 Å². The van der Waals surface area contributed by atoms with E-state index in [1.807, 2.05) is 31.2 Å². The summed E-state index contributed by atoms with van der Waals surface area (Å²) in [5.41, 5.74) is 3.36. The lowest BCUT2D eigenvalue weighted by atomic mass is 10.2. The van der Waals surface area contributed by atoms with Crippen LogP contribution in [0.3, 0.4) is 0 Å². The van der Waals surface area contributed by atoms with Crippen LogP contribution in [0.15, 0.2) is 76.0 Å². The average Bonchev–Trinajstić information content (AvgIpc) is 3.11. The molecule has 0 radical (unpaired) electrons. The highest BCUT2D eigenvalue weighted by Gasteiger charge is 2.15. The second-order valence-electron chi connectivity index (χ2n) is 6.35. The van der Waals surface area contributed by atoms with Crippen LogP contribution in [-0.2, 0) is 10.0 Å². The summed E-state index contributed by atoms with van der Waals surface area (Å²) in [7, 11) is -2.07. The van der Waals surface area contributed by atoms with Crippen molar-refractivity contribution in [1.29, 1.82) is 0 Å². The van der Waals surface area contributed by atoms with Gasteiger partial charge in [0.25, 0.3) is 10.0 Å². The summed E-state index contributed by atoms with van der Waals surface area (Å²) in [5.74, 6) is 1.20. The monoisotopic (exact) mass is 394 g/mol. The van der Waals surface area contributed by atoms with Gasteiger partial charge in [-0.05, 0) is 61.5 Å². The van der Waals surface area contributed by atoms with Gasteiger partial charge >= 0.3 is 0 Å². The van der Waals surface area contributed by atoms with Gasteiger partial charge < -0.3 is 9.15 Å². The zero-order valence-corrected chi connectivity index (χ0v) is 16.2. The summed E-state index contributed by atoms with van der Waals surface area (Å²) < 4.78 is 38.7. The van der Waals surface area contributed by atoms with Gasteiger partial charge in [-0.15, -0.1) is 0 Å². The number of nitrogens with one attached hydrogen (secondary N) is 1. The summed E-state index contributed by atoms with van der Waals surface area (Å²) in [4.78, 5) is 4.68. The van der Waals surface area contributed by atoms with Crippen LogP contribution in [0.25, 0.3) is 22.6 Å². The number of anilines is 1. The molecule has 0 saturated heterocycles.